The van der Waals surface area contributed by atoms with Crippen LogP contribution in [0.1, 0.15) is 25.0 Å². The van der Waals surface area contributed by atoms with Crippen molar-refractivity contribution < 1.29 is 13.2 Å². The van der Waals surface area contributed by atoms with E-state index in [1.807, 2.05) is 49.4 Å². The second-order valence-corrected chi connectivity index (χ2v) is 8.07. The Morgan fingerprint density at radius 3 is 2.54 bits per heavy atom. The van der Waals surface area contributed by atoms with Crippen LogP contribution in [-0.2, 0) is 9.84 Å². The molecule has 0 spiro atoms. The SMILES string of the molecule is CCS(=O)(=O)c1ccc(C=C(C)C2=Cc3ccccc3OC2)cc1. The van der Waals surface area contributed by atoms with Gasteiger partial charge in [-0.15, -0.1) is 0 Å². The van der Waals surface area contributed by atoms with Gasteiger partial charge in [-0.05, 0) is 47.9 Å². The lowest BCUT2D eigenvalue weighted by Gasteiger charge is -2.18. The zero-order valence-corrected chi connectivity index (χ0v) is 14.6. The first kappa shape index (κ1) is 16.5. The molecule has 0 aliphatic carbocycles. The average Bonchev–Trinajstić information content (AvgIpc) is 2.61. The Bertz CT molecular complexity index is 904. The third-order valence-electron chi connectivity index (χ3n) is 4.14. The Morgan fingerprint density at radius 2 is 1.83 bits per heavy atom. The minimum absolute atomic E-state index is 0.116. The molecule has 24 heavy (non-hydrogen) atoms. The quantitative estimate of drug-likeness (QED) is 0.830. The second-order valence-electron chi connectivity index (χ2n) is 5.80. The fourth-order valence-corrected chi connectivity index (χ4v) is 3.51. The Balaban J connectivity index is 1.86. The average molecular weight is 340 g/mol. The molecule has 1 aliphatic heterocycles. The number of hydrogen-bond acceptors (Lipinski definition) is 3. The van der Waals surface area contributed by atoms with Crippen LogP contribution in [0.4, 0.5) is 0 Å². The van der Waals surface area contributed by atoms with Crippen LogP contribution in [0.2, 0.25) is 0 Å². The van der Waals surface area contributed by atoms with E-state index in [0.717, 1.165) is 28.0 Å². The molecule has 0 aromatic heterocycles. The summed E-state index contributed by atoms with van der Waals surface area (Å²) in [6.45, 7) is 4.24. The van der Waals surface area contributed by atoms with Crippen molar-refractivity contribution in [3.63, 3.8) is 0 Å². The first-order valence-electron chi connectivity index (χ1n) is 7.93. The topological polar surface area (TPSA) is 43.4 Å². The minimum Gasteiger partial charge on any atom is -0.488 e. The molecule has 0 N–H and O–H groups in total. The predicted octanol–water partition coefficient (Wildman–Crippen LogP) is 4.36. The molecule has 0 atom stereocenters. The van der Waals surface area contributed by atoms with E-state index >= 15 is 0 Å². The summed E-state index contributed by atoms with van der Waals surface area (Å²) < 4.78 is 29.5. The van der Waals surface area contributed by atoms with E-state index in [2.05, 4.69) is 6.08 Å². The van der Waals surface area contributed by atoms with E-state index in [1.165, 1.54) is 0 Å². The zero-order valence-electron chi connectivity index (χ0n) is 13.8. The molecule has 0 saturated carbocycles. The molecular formula is C20H20O3S. The predicted molar refractivity (Wildman–Crippen MR) is 97.7 cm³/mol. The van der Waals surface area contributed by atoms with E-state index in [1.54, 1.807) is 19.1 Å². The molecule has 4 heteroatoms. The van der Waals surface area contributed by atoms with Crippen LogP contribution in [0.25, 0.3) is 12.2 Å². The highest BCUT2D eigenvalue weighted by molar-refractivity contribution is 7.91. The van der Waals surface area contributed by atoms with Crippen LogP contribution >= 0.6 is 0 Å². The molecule has 3 nitrogen and oxygen atoms in total. The number of para-hydroxylation sites is 1. The van der Waals surface area contributed by atoms with Gasteiger partial charge in [0.25, 0.3) is 0 Å². The van der Waals surface area contributed by atoms with Crippen LogP contribution < -0.4 is 4.74 Å². The van der Waals surface area contributed by atoms with Crippen LogP contribution in [0, 0.1) is 0 Å². The van der Waals surface area contributed by atoms with E-state index < -0.39 is 9.84 Å². The summed E-state index contributed by atoms with van der Waals surface area (Å²) in [5.41, 5.74) is 4.28. The lowest BCUT2D eigenvalue weighted by molar-refractivity contribution is 0.349. The molecule has 1 aliphatic rings. The Kier molecular flexibility index (Phi) is 4.58. The van der Waals surface area contributed by atoms with Crippen molar-refractivity contribution in [2.75, 3.05) is 12.4 Å². The summed E-state index contributed by atoms with van der Waals surface area (Å²) in [5.74, 6) is 1.02. The summed E-state index contributed by atoms with van der Waals surface area (Å²) in [6.07, 6.45) is 4.19. The smallest absolute Gasteiger partial charge is 0.178 e. The fraction of sp³-hybridized carbons (Fsp3) is 0.200. The number of fused-ring (bicyclic) bond motifs is 1. The van der Waals surface area contributed by atoms with Gasteiger partial charge in [-0.25, -0.2) is 8.42 Å². The van der Waals surface area contributed by atoms with E-state index in [0.29, 0.717) is 11.5 Å². The van der Waals surface area contributed by atoms with Crippen molar-refractivity contribution >= 4 is 22.0 Å². The molecule has 1 heterocycles. The van der Waals surface area contributed by atoms with E-state index in [4.69, 9.17) is 4.74 Å². The highest BCUT2D eigenvalue weighted by Gasteiger charge is 2.13. The van der Waals surface area contributed by atoms with Crippen molar-refractivity contribution in [3.05, 3.63) is 70.8 Å². The molecule has 2 aromatic rings. The third kappa shape index (κ3) is 3.44. The highest BCUT2D eigenvalue weighted by Crippen LogP contribution is 2.29. The summed E-state index contributed by atoms with van der Waals surface area (Å²) in [5, 5.41) is 0. The largest absolute Gasteiger partial charge is 0.488 e. The maximum atomic E-state index is 11.9. The first-order valence-corrected chi connectivity index (χ1v) is 9.59. The fourth-order valence-electron chi connectivity index (χ4n) is 2.62. The minimum atomic E-state index is -3.15. The van der Waals surface area contributed by atoms with Crippen molar-refractivity contribution in [1.82, 2.24) is 0 Å². The number of sulfone groups is 1. The maximum absolute atomic E-state index is 11.9. The van der Waals surface area contributed by atoms with Crippen LogP contribution in [-0.4, -0.2) is 20.8 Å². The summed E-state index contributed by atoms with van der Waals surface area (Å²) in [6, 6.07) is 15.0. The van der Waals surface area contributed by atoms with Crippen LogP contribution in [0.3, 0.4) is 0 Å². The van der Waals surface area contributed by atoms with E-state index in [-0.39, 0.29) is 5.75 Å². The Morgan fingerprint density at radius 1 is 1.12 bits per heavy atom. The molecule has 2 aromatic carbocycles. The summed E-state index contributed by atoms with van der Waals surface area (Å²) >= 11 is 0. The van der Waals surface area contributed by atoms with Gasteiger partial charge in [0.2, 0.25) is 0 Å². The van der Waals surface area contributed by atoms with Crippen molar-refractivity contribution in [2.24, 2.45) is 0 Å². The number of ether oxygens (including phenoxy) is 1. The molecule has 124 valence electrons. The van der Waals surface area contributed by atoms with Gasteiger partial charge in [0.05, 0.1) is 10.6 Å². The summed E-state index contributed by atoms with van der Waals surface area (Å²) in [7, 11) is -3.15. The van der Waals surface area contributed by atoms with Gasteiger partial charge in [0.1, 0.15) is 12.4 Å². The van der Waals surface area contributed by atoms with Crippen molar-refractivity contribution in [1.29, 1.82) is 0 Å². The first-order chi connectivity index (χ1) is 11.5. The van der Waals surface area contributed by atoms with E-state index in [9.17, 15) is 8.42 Å². The molecule has 0 bridgehead atoms. The zero-order chi connectivity index (χ0) is 17.2. The number of rotatable bonds is 4. The molecule has 0 saturated heterocycles. The van der Waals surface area contributed by atoms with Crippen molar-refractivity contribution in [3.8, 4) is 5.75 Å². The second kappa shape index (κ2) is 6.65. The molecule has 0 radical (unpaired) electrons. The lowest BCUT2D eigenvalue weighted by Crippen LogP contribution is -2.07. The molecule has 0 amide bonds. The third-order valence-corrected chi connectivity index (χ3v) is 5.89. The standard InChI is InChI=1S/C20H20O3S/c1-3-24(21,22)19-10-8-16(9-11-19)12-15(2)18-13-17-6-4-5-7-20(17)23-14-18/h4-13H,3,14H2,1-2H3. The maximum Gasteiger partial charge on any atom is 0.178 e. The van der Waals surface area contributed by atoms with Gasteiger partial charge in [-0.3, -0.25) is 0 Å². The molecular weight excluding hydrogens is 320 g/mol. The van der Waals surface area contributed by atoms with Gasteiger partial charge in [-0.2, -0.15) is 0 Å². The van der Waals surface area contributed by atoms with Crippen LogP contribution in [0.15, 0.2) is 64.6 Å². The molecule has 0 unspecified atom stereocenters. The number of benzene rings is 2. The number of hydrogen-bond donors (Lipinski definition) is 0. The van der Waals surface area contributed by atoms with Gasteiger partial charge < -0.3 is 4.74 Å². The van der Waals surface area contributed by atoms with Crippen molar-refractivity contribution in [2.45, 2.75) is 18.7 Å². The van der Waals surface area contributed by atoms with Gasteiger partial charge >= 0.3 is 0 Å². The van der Waals surface area contributed by atoms with Gasteiger partial charge in [0, 0.05) is 5.56 Å². The normalized spacial score (nSPS) is 14.6. The Hall–Kier alpha value is -2.33. The monoisotopic (exact) mass is 340 g/mol. The van der Waals surface area contributed by atoms with Gasteiger partial charge in [-0.1, -0.05) is 43.3 Å². The van der Waals surface area contributed by atoms with Crippen LogP contribution in [0.5, 0.6) is 5.75 Å². The molecule has 3 rings (SSSR count). The van der Waals surface area contributed by atoms with Gasteiger partial charge in [0.15, 0.2) is 9.84 Å². The lowest BCUT2D eigenvalue weighted by atomic mass is 10.00. The summed E-state index contributed by atoms with van der Waals surface area (Å²) in [4.78, 5) is 0.369. The molecule has 0 fully saturated rings. The highest BCUT2D eigenvalue weighted by atomic mass is 32.2. The Labute approximate surface area is 143 Å².